The predicted octanol–water partition coefficient (Wildman–Crippen LogP) is 4.86. The van der Waals surface area contributed by atoms with Crippen LogP contribution in [0.5, 0.6) is 0 Å². The second kappa shape index (κ2) is 6.69. The van der Waals surface area contributed by atoms with Gasteiger partial charge < -0.3 is 0 Å². The van der Waals surface area contributed by atoms with Crippen molar-refractivity contribution in [2.45, 2.75) is 45.8 Å². The van der Waals surface area contributed by atoms with Crippen LogP contribution in [0.3, 0.4) is 0 Å². The highest BCUT2D eigenvalue weighted by atomic mass is 28.3. The van der Waals surface area contributed by atoms with E-state index in [9.17, 15) is 4.79 Å². The van der Waals surface area contributed by atoms with Crippen LogP contribution in [0, 0.1) is 0 Å². The minimum absolute atomic E-state index is 0.228. The molecule has 0 aliphatic rings. The van der Waals surface area contributed by atoms with Gasteiger partial charge in [-0.1, -0.05) is 75.8 Å². The van der Waals surface area contributed by atoms with Crippen LogP contribution in [0.25, 0.3) is 0 Å². The van der Waals surface area contributed by atoms with Gasteiger partial charge in [0.05, 0.1) is 8.07 Å². The predicted molar refractivity (Wildman–Crippen MR) is 81.7 cm³/mol. The van der Waals surface area contributed by atoms with E-state index >= 15 is 0 Å². The largest absolute Gasteiger partial charge is 0.289 e. The maximum absolute atomic E-state index is 12.6. The lowest BCUT2D eigenvalue weighted by Gasteiger charge is -2.20. The van der Waals surface area contributed by atoms with Gasteiger partial charge in [-0.3, -0.25) is 4.79 Å². The summed E-state index contributed by atoms with van der Waals surface area (Å²) >= 11 is 0. The third-order valence-electron chi connectivity index (χ3n) is 2.99. The lowest BCUT2D eigenvalue weighted by Crippen LogP contribution is -2.29. The van der Waals surface area contributed by atoms with E-state index in [1.54, 1.807) is 0 Å². The number of Topliss-reactive ketones (excluding diaryl/α,β-unsaturated/α-hetero) is 1. The third-order valence-corrected chi connectivity index (χ3v) is 5.04. The third kappa shape index (κ3) is 4.26. The van der Waals surface area contributed by atoms with Gasteiger partial charge in [-0.25, -0.2) is 0 Å². The van der Waals surface area contributed by atoms with Gasteiger partial charge in [-0.05, 0) is 11.6 Å². The van der Waals surface area contributed by atoms with E-state index < -0.39 is 8.07 Å². The molecule has 0 saturated carbocycles. The number of carbonyl (C=O) groups excluding carboxylic acids is 1. The summed E-state index contributed by atoms with van der Waals surface area (Å²) in [4.78, 5) is 12.6. The topological polar surface area (TPSA) is 17.1 Å². The van der Waals surface area contributed by atoms with E-state index in [1.165, 1.54) is 6.42 Å². The number of rotatable bonds is 6. The van der Waals surface area contributed by atoms with Crippen LogP contribution in [0.2, 0.25) is 19.6 Å². The zero-order valence-corrected chi connectivity index (χ0v) is 13.0. The van der Waals surface area contributed by atoms with E-state index in [2.05, 4.69) is 32.6 Å². The van der Waals surface area contributed by atoms with Crippen molar-refractivity contribution in [2.24, 2.45) is 0 Å². The first-order valence-electron chi connectivity index (χ1n) is 6.77. The Bertz CT molecular complexity index is 412. The van der Waals surface area contributed by atoms with Crippen molar-refractivity contribution in [1.82, 2.24) is 0 Å². The van der Waals surface area contributed by atoms with E-state index in [0.717, 1.165) is 23.6 Å². The molecule has 98 valence electrons. The number of benzene rings is 1. The molecule has 1 rings (SSSR count). The monoisotopic (exact) mass is 260 g/mol. The maximum atomic E-state index is 12.6. The van der Waals surface area contributed by atoms with Gasteiger partial charge in [0.25, 0.3) is 0 Å². The molecular weight excluding hydrogens is 236 g/mol. The minimum atomic E-state index is -1.57. The summed E-state index contributed by atoms with van der Waals surface area (Å²) in [5.74, 6) is 0.228. The quantitative estimate of drug-likeness (QED) is 0.309. The molecule has 0 bridgehead atoms. The molecule has 0 saturated heterocycles. The molecule has 1 nitrogen and oxygen atoms in total. The first-order valence-corrected chi connectivity index (χ1v) is 10.3. The zero-order chi connectivity index (χ0) is 13.6. The Morgan fingerprint density at radius 1 is 1.17 bits per heavy atom. The molecule has 0 unspecified atom stereocenters. The van der Waals surface area contributed by atoms with Crippen LogP contribution >= 0.6 is 0 Å². The number of hydrogen-bond donors (Lipinski definition) is 0. The molecule has 0 aromatic heterocycles. The molecule has 0 amide bonds. The summed E-state index contributed by atoms with van der Waals surface area (Å²) in [6.07, 6.45) is 5.55. The zero-order valence-electron chi connectivity index (χ0n) is 12.0. The van der Waals surface area contributed by atoms with Gasteiger partial charge in [0.15, 0.2) is 5.78 Å². The number of unbranched alkanes of at least 4 members (excludes halogenated alkanes) is 2. The van der Waals surface area contributed by atoms with Crippen molar-refractivity contribution in [1.29, 1.82) is 0 Å². The fourth-order valence-corrected chi connectivity index (χ4v) is 3.52. The highest BCUT2D eigenvalue weighted by molar-refractivity contribution is 6.87. The first-order chi connectivity index (χ1) is 8.46. The van der Waals surface area contributed by atoms with Crippen molar-refractivity contribution >= 4 is 13.9 Å². The van der Waals surface area contributed by atoms with Crippen molar-refractivity contribution in [2.75, 3.05) is 0 Å². The number of hydrogen-bond acceptors (Lipinski definition) is 1. The summed E-state index contributed by atoms with van der Waals surface area (Å²) < 4.78 is 0. The number of carbonyl (C=O) groups is 1. The van der Waals surface area contributed by atoms with Crippen LogP contribution < -0.4 is 0 Å². The van der Waals surface area contributed by atoms with Crippen LogP contribution in [0.1, 0.15) is 36.5 Å². The maximum Gasteiger partial charge on any atom is 0.184 e. The van der Waals surface area contributed by atoms with E-state index in [1.807, 2.05) is 30.3 Å². The lowest BCUT2D eigenvalue weighted by atomic mass is 10.1. The molecule has 2 heteroatoms. The molecular formula is C16H24OSi. The van der Waals surface area contributed by atoms with Crippen LogP contribution in [-0.4, -0.2) is 13.9 Å². The summed E-state index contributed by atoms with van der Waals surface area (Å²) in [6.45, 7) is 8.91. The first kappa shape index (κ1) is 14.9. The standard InChI is InChI=1S/C16H24OSi/c1-5-6-8-13-15(18(2,3)4)16(17)14-11-9-7-10-12-14/h7,9-13H,5-6,8H2,1-4H3/b15-13-. The molecule has 0 atom stereocenters. The molecule has 1 aromatic rings. The molecule has 0 fully saturated rings. The fourth-order valence-electron chi connectivity index (χ4n) is 1.94. The van der Waals surface area contributed by atoms with Gasteiger partial charge in [-0.2, -0.15) is 0 Å². The molecule has 18 heavy (non-hydrogen) atoms. The molecule has 0 N–H and O–H groups in total. The minimum Gasteiger partial charge on any atom is -0.289 e. The van der Waals surface area contributed by atoms with Gasteiger partial charge >= 0.3 is 0 Å². The van der Waals surface area contributed by atoms with Crippen molar-refractivity contribution < 1.29 is 4.79 Å². The van der Waals surface area contributed by atoms with Gasteiger partial charge in [0.1, 0.15) is 0 Å². The molecule has 0 heterocycles. The van der Waals surface area contributed by atoms with Crippen LogP contribution in [-0.2, 0) is 0 Å². The normalized spacial score (nSPS) is 12.6. The van der Waals surface area contributed by atoms with Crippen molar-refractivity contribution in [3.05, 3.63) is 47.2 Å². The molecule has 0 aliphatic carbocycles. The van der Waals surface area contributed by atoms with Crippen molar-refractivity contribution in [3.63, 3.8) is 0 Å². The second-order valence-electron chi connectivity index (χ2n) is 5.71. The molecule has 0 radical (unpaired) electrons. The fraction of sp³-hybridized carbons (Fsp3) is 0.438. The highest BCUT2D eigenvalue weighted by Gasteiger charge is 2.25. The summed E-state index contributed by atoms with van der Waals surface area (Å²) in [5.41, 5.74) is 0.822. The van der Waals surface area contributed by atoms with Crippen LogP contribution in [0.15, 0.2) is 41.6 Å². The molecule has 0 aliphatic heterocycles. The number of allylic oxidation sites excluding steroid dienone is 2. The highest BCUT2D eigenvalue weighted by Crippen LogP contribution is 2.21. The van der Waals surface area contributed by atoms with Crippen molar-refractivity contribution in [3.8, 4) is 0 Å². The Labute approximate surface area is 112 Å². The van der Waals surface area contributed by atoms with E-state index in [-0.39, 0.29) is 5.78 Å². The Morgan fingerprint density at radius 2 is 1.78 bits per heavy atom. The smallest absolute Gasteiger partial charge is 0.184 e. The molecule has 1 aromatic carbocycles. The summed E-state index contributed by atoms with van der Waals surface area (Å²) in [6, 6.07) is 9.64. The lowest BCUT2D eigenvalue weighted by molar-refractivity contribution is 0.104. The van der Waals surface area contributed by atoms with Gasteiger partial charge in [-0.15, -0.1) is 0 Å². The SMILES string of the molecule is CCCC/C=C(/C(=O)c1ccccc1)[Si](C)(C)C. The summed E-state index contributed by atoms with van der Waals surface area (Å²) in [7, 11) is -1.57. The van der Waals surface area contributed by atoms with Gasteiger partial charge in [0, 0.05) is 5.56 Å². The Hall–Kier alpha value is -1.15. The Kier molecular flexibility index (Phi) is 5.54. The van der Waals surface area contributed by atoms with Gasteiger partial charge in [0.2, 0.25) is 0 Å². The Balaban J connectivity index is 2.98. The number of ketones is 1. The summed E-state index contributed by atoms with van der Waals surface area (Å²) in [5, 5.41) is 1.07. The van der Waals surface area contributed by atoms with Crippen LogP contribution in [0.4, 0.5) is 0 Å². The average Bonchev–Trinajstić information content (AvgIpc) is 2.33. The molecule has 0 spiro atoms. The second-order valence-corrected chi connectivity index (χ2v) is 10.7. The van der Waals surface area contributed by atoms with E-state index in [4.69, 9.17) is 0 Å². The average molecular weight is 260 g/mol. The Morgan fingerprint density at radius 3 is 2.28 bits per heavy atom. The van der Waals surface area contributed by atoms with E-state index in [0.29, 0.717) is 0 Å².